The van der Waals surface area contributed by atoms with Gasteiger partial charge >= 0.3 is 6.03 Å². The van der Waals surface area contributed by atoms with Crippen molar-refractivity contribution in [2.75, 3.05) is 26.2 Å². The topological polar surface area (TPSA) is 44.4 Å². The number of hydrogen-bond donors (Lipinski definition) is 2. The van der Waals surface area contributed by atoms with Gasteiger partial charge in [0.15, 0.2) is 0 Å². The van der Waals surface area contributed by atoms with Gasteiger partial charge in [-0.25, -0.2) is 4.79 Å². The third kappa shape index (κ3) is 5.38. The SMILES string of the molecule is CCCN(CC1CCCNC1)C(=O)NCc1ccccc1. The van der Waals surface area contributed by atoms with Crippen LogP contribution in [0.1, 0.15) is 31.7 Å². The maximum atomic E-state index is 12.4. The van der Waals surface area contributed by atoms with Crippen molar-refractivity contribution >= 4 is 6.03 Å². The summed E-state index contributed by atoms with van der Waals surface area (Å²) in [5, 5.41) is 6.46. The molecule has 0 aliphatic carbocycles. The second-order valence-corrected chi connectivity index (χ2v) is 5.80. The van der Waals surface area contributed by atoms with Gasteiger partial charge in [0.25, 0.3) is 0 Å². The molecule has 1 heterocycles. The summed E-state index contributed by atoms with van der Waals surface area (Å²) in [7, 11) is 0. The maximum Gasteiger partial charge on any atom is 0.317 e. The van der Waals surface area contributed by atoms with E-state index in [1.165, 1.54) is 12.8 Å². The Labute approximate surface area is 127 Å². The van der Waals surface area contributed by atoms with Crippen molar-refractivity contribution in [3.63, 3.8) is 0 Å². The van der Waals surface area contributed by atoms with E-state index in [2.05, 4.69) is 17.6 Å². The molecule has 2 amide bonds. The van der Waals surface area contributed by atoms with E-state index in [-0.39, 0.29) is 6.03 Å². The lowest BCUT2D eigenvalue weighted by atomic mass is 9.99. The van der Waals surface area contributed by atoms with E-state index >= 15 is 0 Å². The van der Waals surface area contributed by atoms with Crippen LogP contribution in [-0.2, 0) is 6.54 Å². The molecule has 116 valence electrons. The standard InChI is InChI=1S/C17H27N3O/c1-2-11-20(14-16-9-6-10-18-12-16)17(21)19-13-15-7-4-3-5-8-15/h3-5,7-8,16,18H,2,6,9-14H2,1H3,(H,19,21). The number of nitrogens with zero attached hydrogens (tertiary/aromatic N) is 1. The van der Waals surface area contributed by atoms with E-state index in [9.17, 15) is 4.79 Å². The molecule has 1 aromatic rings. The average molecular weight is 289 g/mol. The largest absolute Gasteiger partial charge is 0.334 e. The molecular formula is C17H27N3O. The van der Waals surface area contributed by atoms with E-state index in [0.29, 0.717) is 12.5 Å². The summed E-state index contributed by atoms with van der Waals surface area (Å²) in [6.45, 7) is 6.56. The maximum absolute atomic E-state index is 12.4. The number of rotatable bonds is 6. The minimum Gasteiger partial charge on any atom is -0.334 e. The molecule has 0 aromatic heterocycles. The fraction of sp³-hybridized carbons (Fsp3) is 0.588. The van der Waals surface area contributed by atoms with Crippen LogP contribution in [0, 0.1) is 5.92 Å². The summed E-state index contributed by atoms with van der Waals surface area (Å²) >= 11 is 0. The fourth-order valence-corrected chi connectivity index (χ4v) is 2.82. The third-order valence-corrected chi connectivity index (χ3v) is 3.94. The predicted molar refractivity (Wildman–Crippen MR) is 86.1 cm³/mol. The van der Waals surface area contributed by atoms with E-state index in [1.807, 2.05) is 35.2 Å². The van der Waals surface area contributed by atoms with Crippen LogP contribution in [0.25, 0.3) is 0 Å². The normalized spacial score (nSPS) is 18.2. The van der Waals surface area contributed by atoms with Crippen molar-refractivity contribution in [2.24, 2.45) is 5.92 Å². The molecule has 21 heavy (non-hydrogen) atoms. The summed E-state index contributed by atoms with van der Waals surface area (Å²) in [5.41, 5.74) is 1.14. The second-order valence-electron chi connectivity index (χ2n) is 5.80. The monoisotopic (exact) mass is 289 g/mol. The highest BCUT2D eigenvalue weighted by Crippen LogP contribution is 2.12. The molecule has 0 spiro atoms. The van der Waals surface area contributed by atoms with E-state index < -0.39 is 0 Å². The first-order valence-corrected chi connectivity index (χ1v) is 8.07. The lowest BCUT2D eigenvalue weighted by Gasteiger charge is -2.30. The number of benzene rings is 1. The van der Waals surface area contributed by atoms with Gasteiger partial charge in [-0.3, -0.25) is 0 Å². The number of carbonyl (C=O) groups is 1. The van der Waals surface area contributed by atoms with Gasteiger partial charge in [0.05, 0.1) is 0 Å². The summed E-state index contributed by atoms with van der Waals surface area (Å²) in [5.74, 6) is 0.591. The molecule has 1 aromatic carbocycles. The Morgan fingerprint density at radius 1 is 1.38 bits per heavy atom. The van der Waals surface area contributed by atoms with Gasteiger partial charge in [0.2, 0.25) is 0 Å². The number of amides is 2. The zero-order chi connectivity index (χ0) is 14.9. The molecule has 1 aliphatic rings. The van der Waals surface area contributed by atoms with Crippen LogP contribution in [-0.4, -0.2) is 37.1 Å². The van der Waals surface area contributed by atoms with Gasteiger partial charge < -0.3 is 15.5 Å². The average Bonchev–Trinajstić information content (AvgIpc) is 2.54. The molecule has 1 saturated heterocycles. The number of urea groups is 1. The first-order chi connectivity index (χ1) is 10.3. The highest BCUT2D eigenvalue weighted by Gasteiger charge is 2.19. The molecular weight excluding hydrogens is 262 g/mol. The van der Waals surface area contributed by atoms with Gasteiger partial charge in [0.1, 0.15) is 0 Å². The van der Waals surface area contributed by atoms with E-state index in [1.54, 1.807) is 0 Å². The predicted octanol–water partition coefficient (Wildman–Crippen LogP) is 2.61. The Kier molecular flexibility index (Phi) is 6.54. The number of piperidine rings is 1. The second kappa shape index (κ2) is 8.67. The molecule has 0 saturated carbocycles. The van der Waals surface area contributed by atoms with Crippen molar-refractivity contribution < 1.29 is 4.79 Å². The molecule has 2 rings (SSSR count). The van der Waals surface area contributed by atoms with E-state index in [0.717, 1.165) is 38.2 Å². The molecule has 1 fully saturated rings. The number of hydrogen-bond acceptors (Lipinski definition) is 2. The lowest BCUT2D eigenvalue weighted by molar-refractivity contribution is 0.180. The Balaban J connectivity index is 1.82. The van der Waals surface area contributed by atoms with Crippen molar-refractivity contribution in [3.05, 3.63) is 35.9 Å². The van der Waals surface area contributed by atoms with Crippen LogP contribution in [0.15, 0.2) is 30.3 Å². The summed E-state index contributed by atoms with van der Waals surface area (Å²) in [4.78, 5) is 14.3. The Hall–Kier alpha value is -1.55. The number of carbonyl (C=O) groups excluding carboxylic acids is 1. The summed E-state index contributed by atoms with van der Waals surface area (Å²) in [6, 6.07) is 10.1. The Bertz CT molecular complexity index is 415. The molecule has 0 bridgehead atoms. The van der Waals surface area contributed by atoms with Crippen molar-refractivity contribution in [1.29, 1.82) is 0 Å². The zero-order valence-electron chi connectivity index (χ0n) is 13.0. The minimum atomic E-state index is 0.0614. The van der Waals surface area contributed by atoms with Crippen LogP contribution < -0.4 is 10.6 Å². The van der Waals surface area contributed by atoms with Gasteiger partial charge in [-0.05, 0) is 43.8 Å². The van der Waals surface area contributed by atoms with Gasteiger partial charge in [0, 0.05) is 19.6 Å². The molecule has 4 nitrogen and oxygen atoms in total. The summed E-state index contributed by atoms with van der Waals surface area (Å²) < 4.78 is 0. The first-order valence-electron chi connectivity index (χ1n) is 8.07. The molecule has 0 radical (unpaired) electrons. The van der Waals surface area contributed by atoms with Crippen LogP contribution in [0.3, 0.4) is 0 Å². The Morgan fingerprint density at radius 3 is 2.86 bits per heavy atom. The highest BCUT2D eigenvalue weighted by molar-refractivity contribution is 5.74. The van der Waals surface area contributed by atoms with Crippen LogP contribution >= 0.6 is 0 Å². The molecule has 1 atom stereocenters. The van der Waals surface area contributed by atoms with Crippen molar-refractivity contribution in [2.45, 2.75) is 32.7 Å². The van der Waals surface area contributed by atoms with Gasteiger partial charge in [-0.2, -0.15) is 0 Å². The zero-order valence-corrected chi connectivity index (χ0v) is 13.0. The van der Waals surface area contributed by atoms with E-state index in [4.69, 9.17) is 0 Å². The van der Waals surface area contributed by atoms with Crippen LogP contribution in [0.4, 0.5) is 4.79 Å². The van der Waals surface area contributed by atoms with Gasteiger partial charge in [-0.15, -0.1) is 0 Å². The smallest absolute Gasteiger partial charge is 0.317 e. The molecule has 1 unspecified atom stereocenters. The van der Waals surface area contributed by atoms with Crippen LogP contribution in [0.5, 0.6) is 0 Å². The highest BCUT2D eigenvalue weighted by atomic mass is 16.2. The Morgan fingerprint density at radius 2 is 2.19 bits per heavy atom. The van der Waals surface area contributed by atoms with Crippen LogP contribution in [0.2, 0.25) is 0 Å². The summed E-state index contributed by atoms with van der Waals surface area (Å²) in [6.07, 6.45) is 3.44. The van der Waals surface area contributed by atoms with Gasteiger partial charge in [-0.1, -0.05) is 37.3 Å². The van der Waals surface area contributed by atoms with Crippen molar-refractivity contribution in [1.82, 2.24) is 15.5 Å². The molecule has 2 N–H and O–H groups in total. The fourth-order valence-electron chi connectivity index (χ4n) is 2.82. The molecule has 4 heteroatoms. The number of nitrogens with one attached hydrogen (secondary N) is 2. The molecule has 1 aliphatic heterocycles. The third-order valence-electron chi connectivity index (χ3n) is 3.94. The van der Waals surface area contributed by atoms with Crippen molar-refractivity contribution in [3.8, 4) is 0 Å². The minimum absolute atomic E-state index is 0.0614. The first kappa shape index (κ1) is 15.8. The lowest BCUT2D eigenvalue weighted by Crippen LogP contribution is -2.45. The quantitative estimate of drug-likeness (QED) is 0.845.